The summed E-state index contributed by atoms with van der Waals surface area (Å²) in [5.41, 5.74) is 5.88. The van der Waals surface area contributed by atoms with Gasteiger partial charge in [-0.2, -0.15) is 0 Å². The minimum Gasteiger partial charge on any atom is -0.480 e. The molecular weight excluding hydrogens is 274 g/mol. The van der Waals surface area contributed by atoms with Gasteiger partial charge in [0.15, 0.2) is 0 Å². The van der Waals surface area contributed by atoms with Crippen molar-refractivity contribution in [2.45, 2.75) is 45.7 Å². The summed E-state index contributed by atoms with van der Waals surface area (Å²) in [7, 11) is 0. The van der Waals surface area contributed by atoms with Crippen LogP contribution in [0.25, 0.3) is 0 Å². The topological polar surface area (TPSA) is 123 Å². The Kier molecular flexibility index (Phi) is 6.29. The molecule has 8 nitrogen and oxygen atoms in total. The number of carboxylic acids is 1. The lowest BCUT2D eigenvalue weighted by molar-refractivity contribution is -0.138. The van der Waals surface area contributed by atoms with Crippen molar-refractivity contribution < 1.29 is 14.7 Å². The number of carbonyl (C=O) groups excluding carboxylic acids is 1. The van der Waals surface area contributed by atoms with Gasteiger partial charge in [0.25, 0.3) is 0 Å². The van der Waals surface area contributed by atoms with Crippen LogP contribution >= 0.6 is 0 Å². The fourth-order valence-electron chi connectivity index (χ4n) is 1.66. The Morgan fingerprint density at radius 1 is 1.43 bits per heavy atom. The Hall–Kier alpha value is -1.96. The summed E-state index contributed by atoms with van der Waals surface area (Å²) in [6, 6.07) is -1.52. The first kappa shape index (κ1) is 17.1. The van der Waals surface area contributed by atoms with Crippen molar-refractivity contribution in [1.29, 1.82) is 0 Å². The van der Waals surface area contributed by atoms with Crippen LogP contribution in [-0.2, 0) is 16.0 Å². The number of rotatable bonds is 8. The number of aromatic nitrogens is 3. The summed E-state index contributed by atoms with van der Waals surface area (Å²) in [6.07, 6.45) is 2.54. The predicted octanol–water partition coefficient (Wildman–Crippen LogP) is -0.0442. The molecule has 0 aromatic carbocycles. The molecule has 0 radical (unpaired) electrons. The Morgan fingerprint density at radius 3 is 2.67 bits per heavy atom. The van der Waals surface area contributed by atoms with Gasteiger partial charge in [0.05, 0.1) is 5.69 Å². The molecule has 2 atom stereocenters. The van der Waals surface area contributed by atoms with Crippen molar-refractivity contribution in [2.75, 3.05) is 6.54 Å². The summed E-state index contributed by atoms with van der Waals surface area (Å²) in [5, 5.41) is 19.3. The molecule has 1 rings (SSSR count). The van der Waals surface area contributed by atoms with E-state index in [0.29, 0.717) is 18.2 Å². The van der Waals surface area contributed by atoms with Gasteiger partial charge >= 0.3 is 5.97 Å². The predicted molar refractivity (Wildman–Crippen MR) is 76.5 cm³/mol. The molecule has 0 aliphatic rings. The normalized spacial score (nSPS) is 14.0. The van der Waals surface area contributed by atoms with Crippen molar-refractivity contribution in [3.8, 4) is 0 Å². The molecule has 118 valence electrons. The lowest BCUT2D eigenvalue weighted by Crippen LogP contribution is -2.33. The van der Waals surface area contributed by atoms with E-state index >= 15 is 0 Å². The van der Waals surface area contributed by atoms with Crippen LogP contribution in [0.2, 0.25) is 0 Å². The van der Waals surface area contributed by atoms with Crippen LogP contribution < -0.4 is 11.1 Å². The fourth-order valence-corrected chi connectivity index (χ4v) is 1.66. The van der Waals surface area contributed by atoms with E-state index < -0.39 is 18.1 Å². The number of nitrogens with zero attached hydrogens (tertiary/aromatic N) is 3. The third-order valence-corrected chi connectivity index (χ3v) is 3.10. The van der Waals surface area contributed by atoms with Crippen molar-refractivity contribution in [1.82, 2.24) is 20.3 Å². The number of nitrogens with two attached hydrogens (primary N) is 1. The second-order valence-corrected chi connectivity index (χ2v) is 5.49. The zero-order chi connectivity index (χ0) is 16.0. The van der Waals surface area contributed by atoms with Crippen LogP contribution in [0.1, 0.15) is 38.9 Å². The number of hydrogen-bond acceptors (Lipinski definition) is 5. The van der Waals surface area contributed by atoms with E-state index in [1.807, 2.05) is 0 Å². The monoisotopic (exact) mass is 297 g/mol. The first-order chi connectivity index (χ1) is 9.81. The van der Waals surface area contributed by atoms with Gasteiger partial charge in [-0.05, 0) is 19.3 Å². The smallest absolute Gasteiger partial charge is 0.320 e. The van der Waals surface area contributed by atoms with Gasteiger partial charge < -0.3 is 16.2 Å². The second-order valence-electron chi connectivity index (χ2n) is 5.49. The van der Waals surface area contributed by atoms with Crippen molar-refractivity contribution in [3.63, 3.8) is 0 Å². The van der Waals surface area contributed by atoms with Gasteiger partial charge in [-0.25, -0.2) is 4.68 Å². The van der Waals surface area contributed by atoms with Crippen molar-refractivity contribution in [3.05, 3.63) is 11.9 Å². The van der Waals surface area contributed by atoms with Crippen LogP contribution in [0.15, 0.2) is 6.20 Å². The number of nitrogens with one attached hydrogen (secondary N) is 1. The van der Waals surface area contributed by atoms with Crippen molar-refractivity contribution >= 4 is 11.9 Å². The summed E-state index contributed by atoms with van der Waals surface area (Å²) >= 11 is 0. The van der Waals surface area contributed by atoms with Gasteiger partial charge in [-0.1, -0.05) is 19.1 Å². The Bertz CT molecular complexity index is 486. The molecule has 0 aliphatic carbocycles. The molecule has 0 aliphatic heterocycles. The lowest BCUT2D eigenvalue weighted by atomic mass is 10.1. The Balaban J connectivity index is 2.54. The summed E-state index contributed by atoms with van der Waals surface area (Å²) in [6.45, 7) is 6.50. The highest BCUT2D eigenvalue weighted by Gasteiger charge is 2.19. The van der Waals surface area contributed by atoms with Gasteiger partial charge in [0.2, 0.25) is 5.91 Å². The molecule has 1 amide bonds. The zero-order valence-corrected chi connectivity index (χ0v) is 12.6. The first-order valence-electron chi connectivity index (χ1n) is 6.98. The molecule has 0 saturated heterocycles. The number of hydrogen-bond donors (Lipinski definition) is 3. The van der Waals surface area contributed by atoms with Gasteiger partial charge in [-0.15, -0.1) is 5.10 Å². The number of amides is 1. The van der Waals surface area contributed by atoms with Crippen molar-refractivity contribution in [2.24, 2.45) is 11.7 Å². The maximum Gasteiger partial charge on any atom is 0.320 e. The number of carboxylic acid groups (broad SMARTS) is 1. The highest BCUT2D eigenvalue weighted by molar-refractivity contribution is 5.79. The second kappa shape index (κ2) is 7.72. The molecule has 1 aromatic heterocycles. The maximum atomic E-state index is 11.9. The SMILES string of the molecule is CC(C)CCNC(=O)C(C)n1cc(CC(N)C(=O)O)nn1. The molecule has 4 N–H and O–H groups in total. The highest BCUT2D eigenvalue weighted by Crippen LogP contribution is 2.06. The van der Waals surface area contributed by atoms with E-state index in [1.165, 1.54) is 4.68 Å². The van der Waals surface area contributed by atoms with Gasteiger partial charge in [0.1, 0.15) is 12.1 Å². The van der Waals surface area contributed by atoms with E-state index in [4.69, 9.17) is 10.8 Å². The first-order valence-corrected chi connectivity index (χ1v) is 6.98. The zero-order valence-electron chi connectivity index (χ0n) is 12.6. The molecular formula is C13H23N5O3. The van der Waals surface area contributed by atoms with E-state index in [0.717, 1.165) is 6.42 Å². The molecule has 2 unspecified atom stereocenters. The van der Waals surface area contributed by atoms with Crippen LogP contribution in [0.3, 0.4) is 0 Å². The minimum absolute atomic E-state index is 0.0804. The Morgan fingerprint density at radius 2 is 2.10 bits per heavy atom. The van der Waals surface area contributed by atoms with E-state index in [1.54, 1.807) is 13.1 Å². The summed E-state index contributed by atoms with van der Waals surface area (Å²) in [4.78, 5) is 22.6. The lowest BCUT2D eigenvalue weighted by Gasteiger charge is -2.12. The number of aliphatic carboxylic acids is 1. The van der Waals surface area contributed by atoms with Crippen LogP contribution in [-0.4, -0.2) is 44.6 Å². The molecule has 0 saturated carbocycles. The molecule has 1 heterocycles. The molecule has 0 spiro atoms. The molecule has 0 fully saturated rings. The molecule has 0 bridgehead atoms. The molecule has 21 heavy (non-hydrogen) atoms. The quantitative estimate of drug-likeness (QED) is 0.618. The summed E-state index contributed by atoms with van der Waals surface area (Å²) < 4.78 is 1.41. The van der Waals surface area contributed by atoms with E-state index in [-0.39, 0.29) is 12.3 Å². The van der Waals surface area contributed by atoms with Gasteiger partial charge in [-0.3, -0.25) is 9.59 Å². The molecule has 8 heteroatoms. The standard InChI is InChI=1S/C13H23N5O3/c1-8(2)4-5-15-12(19)9(3)18-7-10(16-17-18)6-11(14)13(20)21/h7-9,11H,4-6,14H2,1-3H3,(H,15,19)(H,20,21). The van der Waals surface area contributed by atoms with Crippen LogP contribution in [0.5, 0.6) is 0 Å². The van der Waals surface area contributed by atoms with Crippen LogP contribution in [0.4, 0.5) is 0 Å². The van der Waals surface area contributed by atoms with E-state index in [2.05, 4.69) is 29.5 Å². The maximum absolute atomic E-state index is 11.9. The molecule has 1 aromatic rings. The average Bonchev–Trinajstić information content (AvgIpc) is 2.85. The van der Waals surface area contributed by atoms with E-state index in [9.17, 15) is 9.59 Å². The fraction of sp³-hybridized carbons (Fsp3) is 0.692. The average molecular weight is 297 g/mol. The third kappa shape index (κ3) is 5.50. The number of carbonyl (C=O) groups is 2. The summed E-state index contributed by atoms with van der Waals surface area (Å²) in [5.74, 6) is -0.713. The largest absolute Gasteiger partial charge is 0.480 e. The third-order valence-electron chi connectivity index (χ3n) is 3.10. The Labute approximate surface area is 123 Å². The van der Waals surface area contributed by atoms with Crippen LogP contribution in [0, 0.1) is 5.92 Å². The highest BCUT2D eigenvalue weighted by atomic mass is 16.4. The van der Waals surface area contributed by atoms with Gasteiger partial charge in [0, 0.05) is 19.2 Å². The minimum atomic E-state index is -1.09.